The summed E-state index contributed by atoms with van der Waals surface area (Å²) in [6.07, 6.45) is 4.84. The molecule has 0 saturated heterocycles. The smallest absolute Gasteiger partial charge is 0.0616 e. The molecule has 2 nitrogen and oxygen atoms in total. The summed E-state index contributed by atoms with van der Waals surface area (Å²) in [7, 11) is 0. The lowest BCUT2D eigenvalue weighted by Crippen LogP contribution is -2.55. The normalized spacial score (nSPS) is 19.6. The van der Waals surface area contributed by atoms with Gasteiger partial charge in [-0.1, -0.05) is 43.7 Å². The van der Waals surface area contributed by atoms with Crippen molar-refractivity contribution in [2.75, 3.05) is 6.61 Å². The Kier molecular flexibility index (Phi) is 4.19. The van der Waals surface area contributed by atoms with E-state index in [0.29, 0.717) is 5.92 Å². The second-order valence-electron chi connectivity index (χ2n) is 5.13. The molecule has 0 amide bonds. The van der Waals surface area contributed by atoms with Crippen molar-refractivity contribution in [3.63, 3.8) is 0 Å². The number of rotatable bonds is 6. The SMILES string of the molecule is CCC(CO)(NCc1ccccc1)C1CCC1. The summed E-state index contributed by atoms with van der Waals surface area (Å²) in [6.45, 7) is 3.28. The molecule has 0 aliphatic heterocycles. The number of hydrogen-bond donors (Lipinski definition) is 2. The Morgan fingerprint density at radius 1 is 1.29 bits per heavy atom. The Hall–Kier alpha value is -0.860. The van der Waals surface area contributed by atoms with Crippen LogP contribution in [-0.2, 0) is 6.54 Å². The molecule has 94 valence electrons. The van der Waals surface area contributed by atoms with Gasteiger partial charge in [0.05, 0.1) is 6.61 Å². The average Bonchev–Trinajstić information content (AvgIpc) is 2.33. The highest BCUT2D eigenvalue weighted by Crippen LogP contribution is 2.38. The molecule has 2 N–H and O–H groups in total. The molecule has 0 bridgehead atoms. The first-order chi connectivity index (χ1) is 8.30. The number of aliphatic hydroxyl groups is 1. The van der Waals surface area contributed by atoms with Crippen LogP contribution < -0.4 is 5.32 Å². The molecule has 1 unspecified atom stereocenters. The van der Waals surface area contributed by atoms with Crippen LogP contribution >= 0.6 is 0 Å². The lowest BCUT2D eigenvalue weighted by atomic mass is 9.69. The van der Waals surface area contributed by atoms with Crippen LogP contribution in [0.2, 0.25) is 0 Å². The fourth-order valence-corrected chi connectivity index (χ4v) is 2.69. The quantitative estimate of drug-likeness (QED) is 0.792. The summed E-state index contributed by atoms with van der Waals surface area (Å²) in [5.74, 6) is 0.654. The monoisotopic (exact) mass is 233 g/mol. The summed E-state index contributed by atoms with van der Waals surface area (Å²) in [5.41, 5.74) is 1.23. The van der Waals surface area contributed by atoms with Crippen molar-refractivity contribution in [1.29, 1.82) is 0 Å². The Morgan fingerprint density at radius 2 is 2.00 bits per heavy atom. The minimum Gasteiger partial charge on any atom is -0.394 e. The molecule has 1 aromatic rings. The Balaban J connectivity index is 1.98. The molecule has 2 rings (SSSR count). The van der Waals surface area contributed by atoms with Gasteiger partial charge in [-0.3, -0.25) is 0 Å². The minimum atomic E-state index is -0.0614. The highest BCUT2D eigenvalue weighted by atomic mass is 16.3. The molecule has 17 heavy (non-hydrogen) atoms. The van der Waals surface area contributed by atoms with Crippen molar-refractivity contribution in [2.24, 2.45) is 5.92 Å². The Labute approximate surface area is 104 Å². The van der Waals surface area contributed by atoms with Crippen LogP contribution in [0.5, 0.6) is 0 Å². The lowest BCUT2D eigenvalue weighted by Gasteiger charge is -2.44. The van der Waals surface area contributed by atoms with Gasteiger partial charge in [0.15, 0.2) is 0 Å². The van der Waals surface area contributed by atoms with Crippen LogP contribution in [0, 0.1) is 5.92 Å². The van der Waals surface area contributed by atoms with Crippen LogP contribution in [0.25, 0.3) is 0 Å². The lowest BCUT2D eigenvalue weighted by molar-refractivity contribution is 0.0546. The number of hydrogen-bond acceptors (Lipinski definition) is 2. The van der Waals surface area contributed by atoms with E-state index in [9.17, 15) is 5.11 Å². The van der Waals surface area contributed by atoms with Gasteiger partial charge in [0, 0.05) is 12.1 Å². The molecule has 1 aliphatic carbocycles. The van der Waals surface area contributed by atoms with Gasteiger partial charge in [-0.15, -0.1) is 0 Å². The fourth-order valence-electron chi connectivity index (χ4n) is 2.69. The minimum absolute atomic E-state index is 0.0614. The van der Waals surface area contributed by atoms with E-state index in [2.05, 4.69) is 36.5 Å². The van der Waals surface area contributed by atoms with Crippen LogP contribution in [0.4, 0.5) is 0 Å². The summed E-state index contributed by atoms with van der Waals surface area (Å²) in [5, 5.41) is 13.3. The van der Waals surface area contributed by atoms with Gasteiger partial charge >= 0.3 is 0 Å². The third-order valence-electron chi connectivity index (χ3n) is 4.29. The van der Waals surface area contributed by atoms with Crippen LogP contribution in [0.1, 0.15) is 38.2 Å². The highest BCUT2D eigenvalue weighted by molar-refractivity contribution is 5.15. The van der Waals surface area contributed by atoms with Gasteiger partial charge in [0.25, 0.3) is 0 Å². The van der Waals surface area contributed by atoms with Crippen molar-refractivity contribution in [3.8, 4) is 0 Å². The molecule has 1 aromatic carbocycles. The van der Waals surface area contributed by atoms with Gasteiger partial charge in [0.2, 0.25) is 0 Å². The van der Waals surface area contributed by atoms with Gasteiger partial charge in [-0.2, -0.15) is 0 Å². The molecule has 0 aromatic heterocycles. The van der Waals surface area contributed by atoms with E-state index < -0.39 is 0 Å². The van der Waals surface area contributed by atoms with Crippen LogP contribution in [0.3, 0.4) is 0 Å². The second-order valence-corrected chi connectivity index (χ2v) is 5.13. The molecular weight excluding hydrogens is 210 g/mol. The van der Waals surface area contributed by atoms with Crippen LogP contribution in [0.15, 0.2) is 30.3 Å². The van der Waals surface area contributed by atoms with Crippen molar-refractivity contribution in [2.45, 2.75) is 44.7 Å². The topological polar surface area (TPSA) is 32.3 Å². The molecule has 1 atom stereocenters. The molecule has 0 heterocycles. The zero-order chi connectivity index (χ0) is 12.1. The fraction of sp³-hybridized carbons (Fsp3) is 0.600. The first-order valence-electron chi connectivity index (χ1n) is 6.70. The van der Waals surface area contributed by atoms with E-state index in [-0.39, 0.29) is 12.1 Å². The number of aliphatic hydroxyl groups excluding tert-OH is 1. The predicted molar refractivity (Wildman–Crippen MR) is 70.7 cm³/mol. The first-order valence-corrected chi connectivity index (χ1v) is 6.70. The van der Waals surface area contributed by atoms with E-state index in [1.54, 1.807) is 0 Å². The maximum atomic E-state index is 9.73. The first kappa shape index (κ1) is 12.6. The van der Waals surface area contributed by atoms with Gasteiger partial charge < -0.3 is 10.4 Å². The van der Waals surface area contributed by atoms with Gasteiger partial charge in [-0.05, 0) is 30.7 Å². The maximum absolute atomic E-state index is 9.73. The summed E-state index contributed by atoms with van der Waals surface area (Å²) < 4.78 is 0. The molecule has 2 heteroatoms. The number of nitrogens with one attached hydrogen (secondary N) is 1. The Morgan fingerprint density at radius 3 is 2.47 bits per heavy atom. The zero-order valence-corrected chi connectivity index (χ0v) is 10.7. The van der Waals surface area contributed by atoms with Crippen molar-refractivity contribution in [3.05, 3.63) is 35.9 Å². The summed E-state index contributed by atoms with van der Waals surface area (Å²) in [4.78, 5) is 0. The largest absolute Gasteiger partial charge is 0.394 e. The third kappa shape index (κ3) is 2.70. The van der Waals surface area contributed by atoms with Gasteiger partial charge in [-0.25, -0.2) is 0 Å². The third-order valence-corrected chi connectivity index (χ3v) is 4.29. The second kappa shape index (κ2) is 5.65. The molecule has 1 aliphatic rings. The molecule has 1 saturated carbocycles. The van der Waals surface area contributed by atoms with Crippen LogP contribution in [-0.4, -0.2) is 17.3 Å². The van der Waals surface area contributed by atoms with E-state index in [0.717, 1.165) is 13.0 Å². The predicted octanol–water partition coefficient (Wildman–Crippen LogP) is 2.72. The van der Waals surface area contributed by atoms with Crippen molar-refractivity contribution < 1.29 is 5.11 Å². The molecular formula is C15H23NO. The van der Waals surface area contributed by atoms with Crippen molar-refractivity contribution in [1.82, 2.24) is 5.32 Å². The molecule has 1 fully saturated rings. The number of benzene rings is 1. The van der Waals surface area contributed by atoms with E-state index in [4.69, 9.17) is 0 Å². The highest BCUT2D eigenvalue weighted by Gasteiger charge is 2.39. The standard InChI is InChI=1S/C15H23NO/c1-2-15(12-17,14-9-6-10-14)16-11-13-7-4-3-5-8-13/h3-5,7-8,14,16-17H,2,6,9-12H2,1H3. The Bertz CT molecular complexity index is 328. The summed E-state index contributed by atoms with van der Waals surface area (Å²) in [6, 6.07) is 10.4. The van der Waals surface area contributed by atoms with E-state index in [1.807, 2.05) is 6.07 Å². The van der Waals surface area contributed by atoms with Crippen molar-refractivity contribution >= 4 is 0 Å². The maximum Gasteiger partial charge on any atom is 0.0616 e. The molecule has 0 spiro atoms. The average molecular weight is 233 g/mol. The zero-order valence-electron chi connectivity index (χ0n) is 10.7. The van der Waals surface area contributed by atoms with E-state index in [1.165, 1.54) is 24.8 Å². The van der Waals surface area contributed by atoms with Gasteiger partial charge in [0.1, 0.15) is 0 Å². The summed E-state index contributed by atoms with van der Waals surface area (Å²) >= 11 is 0. The van der Waals surface area contributed by atoms with E-state index >= 15 is 0 Å². The molecule has 0 radical (unpaired) electrons.